The van der Waals surface area contributed by atoms with Crippen LogP contribution in [0, 0.1) is 0 Å². The lowest BCUT2D eigenvalue weighted by Crippen LogP contribution is -2.26. The van der Waals surface area contributed by atoms with Gasteiger partial charge < -0.3 is 0 Å². The molecule has 106 valence electrons. The van der Waals surface area contributed by atoms with Crippen LogP contribution < -0.4 is 0 Å². The molecule has 0 saturated heterocycles. The van der Waals surface area contributed by atoms with Crippen LogP contribution in [-0.4, -0.2) is 0 Å². The van der Waals surface area contributed by atoms with E-state index in [1.807, 2.05) is 0 Å². The molecule has 1 aliphatic carbocycles. The summed E-state index contributed by atoms with van der Waals surface area (Å²) in [5.41, 5.74) is 6.46. The Labute approximate surface area is 131 Å². The Kier molecular flexibility index (Phi) is 2.97. The molecule has 0 heterocycles. The Morgan fingerprint density at radius 3 is 1.73 bits per heavy atom. The van der Waals surface area contributed by atoms with Crippen molar-refractivity contribution in [2.75, 3.05) is 0 Å². The Morgan fingerprint density at radius 1 is 0.636 bits per heavy atom. The molecule has 0 nitrogen and oxygen atoms in total. The summed E-state index contributed by atoms with van der Waals surface area (Å²) in [6, 6.07) is 30.3. The monoisotopic (exact) mass is 282 g/mol. The lowest BCUT2D eigenvalue weighted by atomic mass is 9.70. The molecule has 3 aromatic rings. The highest BCUT2D eigenvalue weighted by Crippen LogP contribution is 2.52. The fourth-order valence-corrected chi connectivity index (χ4v) is 3.80. The van der Waals surface area contributed by atoms with Crippen molar-refractivity contribution in [2.45, 2.75) is 11.8 Å². The zero-order valence-electron chi connectivity index (χ0n) is 12.5. The maximum Gasteiger partial charge on any atom is 0.0497 e. The minimum atomic E-state index is -0.115. The molecule has 0 spiro atoms. The fraction of sp³-hybridized carbons (Fsp3) is 0.0909. The molecule has 0 atom stereocenters. The Balaban J connectivity index is 2.06. The molecule has 0 heteroatoms. The van der Waals surface area contributed by atoms with Gasteiger partial charge in [-0.2, -0.15) is 0 Å². The van der Waals surface area contributed by atoms with Crippen LogP contribution in [0.2, 0.25) is 0 Å². The first-order chi connectivity index (χ1) is 10.8. The van der Waals surface area contributed by atoms with Crippen molar-refractivity contribution >= 4 is 5.57 Å². The van der Waals surface area contributed by atoms with Crippen molar-refractivity contribution in [2.24, 2.45) is 0 Å². The van der Waals surface area contributed by atoms with Gasteiger partial charge in [-0.3, -0.25) is 0 Å². The number of hydrogen-bond donors (Lipinski definition) is 0. The van der Waals surface area contributed by atoms with Crippen LogP contribution in [0.25, 0.3) is 5.57 Å². The first-order valence-electron chi connectivity index (χ1n) is 7.71. The summed E-state index contributed by atoms with van der Waals surface area (Å²) in [6.07, 6.45) is 0.945. The van der Waals surface area contributed by atoms with E-state index in [1.54, 1.807) is 0 Å². The molecule has 22 heavy (non-hydrogen) atoms. The van der Waals surface area contributed by atoms with Gasteiger partial charge in [0.2, 0.25) is 0 Å². The van der Waals surface area contributed by atoms with E-state index in [-0.39, 0.29) is 5.41 Å². The molecule has 0 amide bonds. The van der Waals surface area contributed by atoms with Gasteiger partial charge in [-0.25, -0.2) is 0 Å². The first kappa shape index (κ1) is 13.1. The minimum Gasteiger partial charge on any atom is -0.0952 e. The molecule has 0 bridgehead atoms. The van der Waals surface area contributed by atoms with E-state index in [0.717, 1.165) is 6.42 Å². The Bertz CT molecular complexity index is 773. The molecular formula is C22H18. The molecule has 3 aromatic carbocycles. The van der Waals surface area contributed by atoms with E-state index in [0.29, 0.717) is 0 Å². The normalized spacial score (nSPS) is 15.5. The van der Waals surface area contributed by atoms with Crippen LogP contribution >= 0.6 is 0 Å². The topological polar surface area (TPSA) is 0 Å². The molecule has 4 rings (SSSR count). The highest BCUT2D eigenvalue weighted by atomic mass is 14.4. The molecule has 0 saturated carbocycles. The predicted octanol–water partition coefficient (Wildman–Crippen LogP) is 5.44. The highest BCUT2D eigenvalue weighted by molar-refractivity contribution is 5.78. The zero-order chi connectivity index (χ0) is 15.0. The van der Waals surface area contributed by atoms with E-state index in [9.17, 15) is 0 Å². The van der Waals surface area contributed by atoms with E-state index < -0.39 is 0 Å². The van der Waals surface area contributed by atoms with Crippen molar-refractivity contribution in [3.63, 3.8) is 0 Å². The largest absolute Gasteiger partial charge is 0.0952 e. The van der Waals surface area contributed by atoms with Gasteiger partial charge in [-0.05, 0) is 34.2 Å². The van der Waals surface area contributed by atoms with Crippen LogP contribution in [0.1, 0.15) is 28.7 Å². The van der Waals surface area contributed by atoms with Crippen LogP contribution in [0.5, 0.6) is 0 Å². The Morgan fingerprint density at radius 2 is 1.14 bits per heavy atom. The lowest BCUT2D eigenvalue weighted by molar-refractivity contribution is 0.662. The van der Waals surface area contributed by atoms with Gasteiger partial charge in [-0.15, -0.1) is 0 Å². The molecule has 0 N–H and O–H groups in total. The SMILES string of the molecule is C=C1CC(c2ccccc2)(c2ccccc2)c2ccccc21. The minimum absolute atomic E-state index is 0.115. The van der Waals surface area contributed by atoms with Crippen LogP contribution in [-0.2, 0) is 5.41 Å². The maximum atomic E-state index is 4.34. The third-order valence-corrected chi connectivity index (χ3v) is 4.78. The first-order valence-corrected chi connectivity index (χ1v) is 7.71. The third kappa shape index (κ3) is 1.77. The standard InChI is InChI=1S/C22H18/c1-17-16-22(18-10-4-2-5-11-18,19-12-6-3-7-13-19)21-15-9-8-14-20(17)21/h2-15H,1,16H2. The summed E-state index contributed by atoms with van der Waals surface area (Å²) >= 11 is 0. The summed E-state index contributed by atoms with van der Waals surface area (Å²) < 4.78 is 0. The van der Waals surface area contributed by atoms with Gasteiger partial charge >= 0.3 is 0 Å². The van der Waals surface area contributed by atoms with Crippen molar-refractivity contribution in [1.82, 2.24) is 0 Å². The van der Waals surface area contributed by atoms with Crippen LogP contribution in [0.15, 0.2) is 91.5 Å². The molecular weight excluding hydrogens is 264 g/mol. The van der Waals surface area contributed by atoms with Crippen LogP contribution in [0.4, 0.5) is 0 Å². The Hall–Kier alpha value is -2.60. The third-order valence-electron chi connectivity index (χ3n) is 4.78. The predicted molar refractivity (Wildman–Crippen MR) is 92.9 cm³/mol. The molecule has 0 aromatic heterocycles. The number of allylic oxidation sites excluding steroid dienone is 1. The molecule has 0 radical (unpaired) electrons. The van der Waals surface area contributed by atoms with E-state index in [2.05, 4.69) is 91.5 Å². The summed E-state index contributed by atoms with van der Waals surface area (Å²) in [4.78, 5) is 0. The second-order valence-electron chi connectivity index (χ2n) is 5.96. The summed E-state index contributed by atoms with van der Waals surface area (Å²) in [6.45, 7) is 4.34. The molecule has 0 aliphatic heterocycles. The van der Waals surface area contributed by atoms with Gasteiger partial charge in [0.25, 0.3) is 0 Å². The molecule has 0 fully saturated rings. The van der Waals surface area contributed by atoms with Crippen molar-refractivity contribution < 1.29 is 0 Å². The molecule has 1 aliphatic rings. The second-order valence-corrected chi connectivity index (χ2v) is 5.96. The second kappa shape index (κ2) is 4.99. The number of rotatable bonds is 2. The average Bonchev–Trinajstić information content (AvgIpc) is 2.91. The van der Waals surface area contributed by atoms with Crippen molar-refractivity contribution in [3.8, 4) is 0 Å². The number of benzene rings is 3. The number of hydrogen-bond acceptors (Lipinski definition) is 0. The lowest BCUT2D eigenvalue weighted by Gasteiger charge is -2.32. The average molecular weight is 282 g/mol. The summed E-state index contributed by atoms with van der Waals surface area (Å²) in [7, 11) is 0. The summed E-state index contributed by atoms with van der Waals surface area (Å²) in [5.74, 6) is 0. The van der Waals surface area contributed by atoms with Gasteiger partial charge in [0, 0.05) is 5.41 Å². The van der Waals surface area contributed by atoms with E-state index >= 15 is 0 Å². The smallest absolute Gasteiger partial charge is 0.0497 e. The highest BCUT2D eigenvalue weighted by Gasteiger charge is 2.43. The van der Waals surface area contributed by atoms with Crippen LogP contribution in [0.3, 0.4) is 0 Å². The van der Waals surface area contributed by atoms with E-state index in [1.165, 1.54) is 27.8 Å². The van der Waals surface area contributed by atoms with Gasteiger partial charge in [0.1, 0.15) is 0 Å². The van der Waals surface area contributed by atoms with Crippen molar-refractivity contribution in [3.05, 3.63) is 114 Å². The van der Waals surface area contributed by atoms with E-state index in [4.69, 9.17) is 0 Å². The zero-order valence-corrected chi connectivity index (χ0v) is 12.5. The maximum absolute atomic E-state index is 4.34. The van der Waals surface area contributed by atoms with Gasteiger partial charge in [0.05, 0.1) is 0 Å². The summed E-state index contributed by atoms with van der Waals surface area (Å²) in [5, 5.41) is 0. The van der Waals surface area contributed by atoms with Crippen molar-refractivity contribution in [1.29, 1.82) is 0 Å². The van der Waals surface area contributed by atoms with Gasteiger partial charge in [0.15, 0.2) is 0 Å². The quantitative estimate of drug-likeness (QED) is 0.587. The molecule has 0 unspecified atom stereocenters. The fourth-order valence-electron chi connectivity index (χ4n) is 3.80. The van der Waals surface area contributed by atoms with Gasteiger partial charge in [-0.1, -0.05) is 91.5 Å². The number of fused-ring (bicyclic) bond motifs is 1.